The summed E-state index contributed by atoms with van der Waals surface area (Å²) in [6, 6.07) is 12.4. The Kier molecular flexibility index (Phi) is 5.28. The molecule has 3 aromatic rings. The summed E-state index contributed by atoms with van der Waals surface area (Å²) in [6.45, 7) is 8.12. The number of nitrogens with zero attached hydrogens (tertiary/aromatic N) is 2. The predicted octanol–water partition coefficient (Wildman–Crippen LogP) is 4.55. The molecule has 0 saturated carbocycles. The Balaban J connectivity index is 2.23. The van der Waals surface area contributed by atoms with E-state index in [9.17, 15) is 4.79 Å². The van der Waals surface area contributed by atoms with Crippen LogP contribution in [0.5, 0.6) is 0 Å². The minimum absolute atomic E-state index is 0.133. The first-order valence-corrected chi connectivity index (χ1v) is 9.23. The molecule has 0 aliphatic carbocycles. The summed E-state index contributed by atoms with van der Waals surface area (Å²) in [5.41, 5.74) is 6.39. The highest BCUT2D eigenvalue weighted by Crippen LogP contribution is 2.25. The summed E-state index contributed by atoms with van der Waals surface area (Å²) >= 11 is 0. The molecule has 2 aromatic carbocycles. The fourth-order valence-electron chi connectivity index (χ4n) is 3.54. The Morgan fingerprint density at radius 3 is 2.23 bits per heavy atom. The molecule has 0 bridgehead atoms. The summed E-state index contributed by atoms with van der Waals surface area (Å²) in [7, 11) is 4.19. The second-order valence-electron chi connectivity index (χ2n) is 7.51. The number of benzene rings is 2. The average Bonchev–Trinajstić information content (AvgIpc) is 2.60. The van der Waals surface area contributed by atoms with Crippen molar-refractivity contribution in [3.63, 3.8) is 0 Å². The number of pyridine rings is 1. The van der Waals surface area contributed by atoms with Crippen LogP contribution in [0.3, 0.4) is 0 Å². The van der Waals surface area contributed by atoms with Crippen molar-refractivity contribution in [2.24, 2.45) is 0 Å². The van der Waals surface area contributed by atoms with Gasteiger partial charge in [0.15, 0.2) is 5.43 Å². The van der Waals surface area contributed by atoms with Crippen molar-refractivity contribution < 1.29 is 0 Å². The van der Waals surface area contributed by atoms with Crippen LogP contribution in [0.4, 0.5) is 0 Å². The number of rotatable bonds is 5. The molecule has 26 heavy (non-hydrogen) atoms. The Hall–Kier alpha value is -2.39. The quantitative estimate of drug-likeness (QED) is 0.676. The molecule has 1 heterocycles. The lowest BCUT2D eigenvalue weighted by Gasteiger charge is -2.18. The Labute approximate surface area is 155 Å². The molecule has 0 atom stereocenters. The van der Waals surface area contributed by atoms with Gasteiger partial charge in [0, 0.05) is 23.7 Å². The van der Waals surface area contributed by atoms with Crippen molar-refractivity contribution in [1.29, 1.82) is 0 Å². The van der Waals surface area contributed by atoms with Crippen LogP contribution in [0.25, 0.3) is 22.0 Å². The Morgan fingerprint density at radius 1 is 0.923 bits per heavy atom. The third-order valence-corrected chi connectivity index (χ3v) is 5.00. The molecule has 1 aromatic heterocycles. The normalized spacial score (nSPS) is 11.5. The van der Waals surface area contributed by atoms with Crippen LogP contribution in [0.1, 0.15) is 23.1 Å². The van der Waals surface area contributed by atoms with Gasteiger partial charge in [0.25, 0.3) is 0 Å². The van der Waals surface area contributed by atoms with E-state index in [1.54, 1.807) is 0 Å². The minimum atomic E-state index is 0.133. The van der Waals surface area contributed by atoms with Crippen LogP contribution in [0.2, 0.25) is 0 Å². The Morgan fingerprint density at radius 2 is 1.58 bits per heavy atom. The third-order valence-electron chi connectivity index (χ3n) is 5.00. The first-order valence-electron chi connectivity index (χ1n) is 9.23. The van der Waals surface area contributed by atoms with Crippen molar-refractivity contribution in [2.75, 3.05) is 20.6 Å². The number of hydrogen-bond acceptors (Lipinski definition) is 2. The van der Waals surface area contributed by atoms with Crippen LogP contribution in [-0.2, 0) is 6.54 Å². The number of hydrogen-bond donors (Lipinski definition) is 0. The first-order chi connectivity index (χ1) is 12.4. The number of aromatic nitrogens is 1. The molecule has 0 aliphatic heterocycles. The van der Waals surface area contributed by atoms with Gasteiger partial charge in [-0.1, -0.05) is 42.0 Å². The minimum Gasteiger partial charge on any atom is -0.346 e. The monoisotopic (exact) mass is 348 g/mol. The molecule has 0 N–H and O–H groups in total. The van der Waals surface area contributed by atoms with E-state index in [1.165, 1.54) is 5.56 Å². The van der Waals surface area contributed by atoms with Gasteiger partial charge in [-0.05, 0) is 64.5 Å². The van der Waals surface area contributed by atoms with E-state index in [-0.39, 0.29) is 5.43 Å². The fraction of sp³-hybridized carbons (Fsp3) is 0.348. The van der Waals surface area contributed by atoms with Crippen LogP contribution in [-0.4, -0.2) is 30.1 Å². The molecule has 3 rings (SSSR count). The molecular formula is C23H28N2O. The van der Waals surface area contributed by atoms with Gasteiger partial charge < -0.3 is 9.47 Å². The highest BCUT2D eigenvalue weighted by atomic mass is 16.1. The summed E-state index contributed by atoms with van der Waals surface area (Å²) in [4.78, 5) is 15.5. The second-order valence-corrected chi connectivity index (χ2v) is 7.51. The lowest BCUT2D eigenvalue weighted by molar-refractivity contribution is 0.387. The van der Waals surface area contributed by atoms with Gasteiger partial charge in [0.1, 0.15) is 0 Å². The Bertz CT molecular complexity index is 982. The highest BCUT2D eigenvalue weighted by Gasteiger charge is 2.14. The van der Waals surface area contributed by atoms with E-state index >= 15 is 0 Å². The summed E-state index contributed by atoms with van der Waals surface area (Å²) < 4.78 is 2.28. The van der Waals surface area contributed by atoms with Crippen LogP contribution in [0, 0.1) is 20.8 Å². The van der Waals surface area contributed by atoms with E-state index < -0.39 is 0 Å². The second kappa shape index (κ2) is 7.46. The molecule has 0 unspecified atom stereocenters. The lowest BCUT2D eigenvalue weighted by atomic mass is 9.99. The van der Waals surface area contributed by atoms with Crippen LogP contribution >= 0.6 is 0 Å². The maximum atomic E-state index is 13.3. The number of aryl methyl sites for hydroxylation is 4. The SMILES string of the molecule is Cc1ccc(-c2cn(CCCN(C)C)c3c(C)ccc(C)c3c2=O)cc1. The van der Waals surface area contributed by atoms with Gasteiger partial charge in [-0.15, -0.1) is 0 Å². The maximum Gasteiger partial charge on any atom is 0.197 e. The molecule has 0 fully saturated rings. The summed E-state index contributed by atoms with van der Waals surface area (Å²) in [5, 5.41) is 0.855. The first kappa shape index (κ1) is 18.4. The van der Waals surface area contributed by atoms with Crippen molar-refractivity contribution >= 4 is 10.9 Å². The molecule has 0 aliphatic rings. The topological polar surface area (TPSA) is 25.2 Å². The third kappa shape index (κ3) is 3.58. The zero-order valence-corrected chi connectivity index (χ0v) is 16.5. The highest BCUT2D eigenvalue weighted by molar-refractivity contribution is 5.89. The van der Waals surface area contributed by atoms with Crippen molar-refractivity contribution in [2.45, 2.75) is 33.7 Å². The van der Waals surface area contributed by atoms with Gasteiger partial charge in [-0.25, -0.2) is 0 Å². The van der Waals surface area contributed by atoms with Gasteiger partial charge in [-0.2, -0.15) is 0 Å². The van der Waals surface area contributed by atoms with E-state index in [0.29, 0.717) is 0 Å². The smallest absolute Gasteiger partial charge is 0.197 e. The lowest BCUT2D eigenvalue weighted by Crippen LogP contribution is -2.18. The fourth-order valence-corrected chi connectivity index (χ4v) is 3.54. The van der Waals surface area contributed by atoms with Gasteiger partial charge in [0.2, 0.25) is 0 Å². The molecule has 0 saturated heterocycles. The summed E-state index contributed by atoms with van der Waals surface area (Å²) in [5.74, 6) is 0. The van der Waals surface area contributed by atoms with E-state index in [2.05, 4.69) is 67.9 Å². The zero-order chi connectivity index (χ0) is 18.8. The molecule has 136 valence electrons. The summed E-state index contributed by atoms with van der Waals surface area (Å²) in [6.07, 6.45) is 3.10. The maximum absolute atomic E-state index is 13.3. The van der Waals surface area contributed by atoms with Crippen molar-refractivity contribution in [3.05, 3.63) is 69.5 Å². The molecule has 3 nitrogen and oxygen atoms in total. The van der Waals surface area contributed by atoms with Crippen molar-refractivity contribution in [1.82, 2.24) is 9.47 Å². The molecule has 0 spiro atoms. The standard InChI is InChI=1S/C23H28N2O/c1-16-7-11-19(12-8-16)20-15-25(14-6-13-24(4)5)22-18(3)10-9-17(2)21(22)23(20)26/h7-12,15H,6,13-14H2,1-5H3. The van der Waals surface area contributed by atoms with Crippen LogP contribution < -0.4 is 5.43 Å². The molecular weight excluding hydrogens is 320 g/mol. The van der Waals surface area contributed by atoms with Crippen LogP contribution in [0.15, 0.2) is 47.4 Å². The largest absolute Gasteiger partial charge is 0.346 e. The predicted molar refractivity (Wildman–Crippen MR) is 111 cm³/mol. The van der Waals surface area contributed by atoms with Gasteiger partial charge in [-0.3, -0.25) is 4.79 Å². The molecule has 0 amide bonds. The van der Waals surface area contributed by atoms with E-state index in [0.717, 1.165) is 52.7 Å². The van der Waals surface area contributed by atoms with E-state index in [4.69, 9.17) is 0 Å². The van der Waals surface area contributed by atoms with E-state index in [1.807, 2.05) is 19.1 Å². The zero-order valence-electron chi connectivity index (χ0n) is 16.5. The van der Waals surface area contributed by atoms with Gasteiger partial charge >= 0.3 is 0 Å². The molecule has 3 heteroatoms. The average molecular weight is 348 g/mol. The number of fused-ring (bicyclic) bond motifs is 1. The van der Waals surface area contributed by atoms with Crippen molar-refractivity contribution in [3.8, 4) is 11.1 Å². The van der Waals surface area contributed by atoms with Gasteiger partial charge in [0.05, 0.1) is 5.52 Å². The molecule has 0 radical (unpaired) electrons.